The number of methoxy groups -OCH3 is 1. The molecular weight excluding hydrogens is 216 g/mol. The lowest BCUT2D eigenvalue weighted by molar-refractivity contribution is -0.120. The third kappa shape index (κ3) is 4.87. The molecule has 3 N–H and O–H groups in total. The molecular formula is C13H20N2O2. The molecule has 0 aliphatic rings. The monoisotopic (exact) mass is 236 g/mol. The second-order valence-corrected chi connectivity index (χ2v) is 3.83. The van der Waals surface area contributed by atoms with Gasteiger partial charge in [0.2, 0.25) is 5.91 Å². The summed E-state index contributed by atoms with van der Waals surface area (Å²) in [7, 11) is 1.61. The summed E-state index contributed by atoms with van der Waals surface area (Å²) in [5.74, 6) is 0.774. The summed E-state index contributed by atoms with van der Waals surface area (Å²) in [5, 5.41) is 2.87. The first-order chi connectivity index (χ1) is 8.27. The van der Waals surface area contributed by atoms with E-state index in [1.165, 1.54) is 0 Å². The van der Waals surface area contributed by atoms with Crippen molar-refractivity contribution < 1.29 is 9.53 Å². The molecule has 0 saturated carbocycles. The molecule has 0 aromatic heterocycles. The van der Waals surface area contributed by atoms with Gasteiger partial charge in [0.15, 0.2) is 0 Å². The van der Waals surface area contributed by atoms with Crippen LogP contribution >= 0.6 is 0 Å². The van der Waals surface area contributed by atoms with E-state index in [0.29, 0.717) is 19.5 Å². The quantitative estimate of drug-likeness (QED) is 0.697. The van der Waals surface area contributed by atoms with Crippen molar-refractivity contribution in [2.75, 3.05) is 20.2 Å². The molecule has 1 amide bonds. The van der Waals surface area contributed by atoms with Gasteiger partial charge in [-0.1, -0.05) is 18.2 Å². The number of carbonyl (C=O) groups excluding carboxylic acids is 1. The van der Waals surface area contributed by atoms with E-state index in [4.69, 9.17) is 10.5 Å². The van der Waals surface area contributed by atoms with Crippen LogP contribution in [0.15, 0.2) is 24.3 Å². The van der Waals surface area contributed by atoms with Crippen LogP contribution in [0.3, 0.4) is 0 Å². The lowest BCUT2D eigenvalue weighted by atomic mass is 10.1. The summed E-state index contributed by atoms with van der Waals surface area (Å²) in [6.07, 6.45) is 2.22. The Labute approximate surface area is 102 Å². The zero-order valence-corrected chi connectivity index (χ0v) is 10.2. The average Bonchev–Trinajstić information content (AvgIpc) is 2.35. The Balaban J connectivity index is 2.39. The molecule has 4 heteroatoms. The first-order valence-electron chi connectivity index (χ1n) is 5.86. The van der Waals surface area contributed by atoms with Crippen LogP contribution in [0.4, 0.5) is 0 Å². The van der Waals surface area contributed by atoms with E-state index in [1.54, 1.807) is 7.11 Å². The molecule has 4 nitrogen and oxygen atoms in total. The Morgan fingerprint density at radius 3 is 2.82 bits per heavy atom. The number of amides is 1. The molecule has 0 atom stereocenters. The van der Waals surface area contributed by atoms with Crippen LogP contribution in [0.25, 0.3) is 0 Å². The second-order valence-electron chi connectivity index (χ2n) is 3.83. The Morgan fingerprint density at radius 2 is 2.12 bits per heavy atom. The van der Waals surface area contributed by atoms with E-state index in [0.717, 1.165) is 24.2 Å². The van der Waals surface area contributed by atoms with Gasteiger partial charge in [-0.3, -0.25) is 4.79 Å². The number of carbonyl (C=O) groups is 1. The minimum atomic E-state index is 0.0199. The SMILES string of the molecule is COc1ccccc1CC(=O)NCCCCN. The average molecular weight is 236 g/mol. The number of ether oxygens (including phenoxy) is 1. The molecule has 1 rings (SSSR count). The fourth-order valence-corrected chi connectivity index (χ4v) is 1.58. The highest BCUT2D eigenvalue weighted by atomic mass is 16.5. The molecule has 0 unspecified atom stereocenters. The molecule has 0 bridgehead atoms. The summed E-state index contributed by atoms with van der Waals surface area (Å²) in [5.41, 5.74) is 6.29. The molecule has 0 aliphatic carbocycles. The molecule has 0 heterocycles. The summed E-state index contributed by atoms with van der Waals surface area (Å²) in [4.78, 5) is 11.6. The Kier molecular flexibility index (Phi) is 6.10. The zero-order valence-electron chi connectivity index (χ0n) is 10.2. The van der Waals surface area contributed by atoms with Crippen molar-refractivity contribution >= 4 is 5.91 Å². The second kappa shape index (κ2) is 7.68. The number of hydrogen-bond acceptors (Lipinski definition) is 3. The van der Waals surface area contributed by atoms with Crippen molar-refractivity contribution in [2.24, 2.45) is 5.73 Å². The third-order valence-corrected chi connectivity index (χ3v) is 2.50. The highest BCUT2D eigenvalue weighted by molar-refractivity contribution is 5.79. The van der Waals surface area contributed by atoms with Crippen LogP contribution < -0.4 is 15.8 Å². The summed E-state index contributed by atoms with van der Waals surface area (Å²) in [6, 6.07) is 7.55. The van der Waals surface area contributed by atoms with Gasteiger partial charge >= 0.3 is 0 Å². The fraction of sp³-hybridized carbons (Fsp3) is 0.462. The molecule has 1 aromatic carbocycles. The normalized spacial score (nSPS) is 10.0. The molecule has 0 aliphatic heterocycles. The molecule has 0 radical (unpaired) electrons. The van der Waals surface area contributed by atoms with Crippen molar-refractivity contribution in [3.8, 4) is 5.75 Å². The summed E-state index contributed by atoms with van der Waals surface area (Å²) < 4.78 is 5.19. The number of unbranched alkanes of at least 4 members (excludes halogenated alkanes) is 1. The van der Waals surface area contributed by atoms with Crippen molar-refractivity contribution in [1.29, 1.82) is 0 Å². The molecule has 0 spiro atoms. The first-order valence-corrected chi connectivity index (χ1v) is 5.86. The van der Waals surface area contributed by atoms with Crippen molar-refractivity contribution in [3.05, 3.63) is 29.8 Å². The van der Waals surface area contributed by atoms with Crippen molar-refractivity contribution in [1.82, 2.24) is 5.32 Å². The molecule has 1 aromatic rings. The van der Waals surface area contributed by atoms with Gasteiger partial charge in [-0.25, -0.2) is 0 Å². The largest absolute Gasteiger partial charge is 0.496 e. The Hall–Kier alpha value is -1.55. The van der Waals surface area contributed by atoms with Crippen molar-refractivity contribution in [2.45, 2.75) is 19.3 Å². The van der Waals surface area contributed by atoms with E-state index < -0.39 is 0 Å². The number of hydrogen-bond donors (Lipinski definition) is 2. The van der Waals surface area contributed by atoms with Crippen LogP contribution in [0, 0.1) is 0 Å². The highest BCUT2D eigenvalue weighted by Gasteiger charge is 2.07. The molecule has 94 valence electrons. The van der Waals surface area contributed by atoms with E-state index >= 15 is 0 Å². The van der Waals surface area contributed by atoms with Gasteiger partial charge in [-0.05, 0) is 25.5 Å². The van der Waals surface area contributed by atoms with Gasteiger partial charge < -0.3 is 15.8 Å². The highest BCUT2D eigenvalue weighted by Crippen LogP contribution is 2.17. The van der Waals surface area contributed by atoms with E-state index in [2.05, 4.69) is 5.32 Å². The minimum absolute atomic E-state index is 0.0199. The molecule has 0 fully saturated rings. The zero-order chi connectivity index (χ0) is 12.5. The maximum Gasteiger partial charge on any atom is 0.224 e. The molecule has 0 saturated heterocycles. The van der Waals surface area contributed by atoms with Crippen LogP contribution in [0.2, 0.25) is 0 Å². The number of nitrogens with two attached hydrogens (primary N) is 1. The Bertz CT molecular complexity index is 353. The number of nitrogens with one attached hydrogen (secondary N) is 1. The topological polar surface area (TPSA) is 64.3 Å². The van der Waals surface area contributed by atoms with Gasteiger partial charge in [-0.15, -0.1) is 0 Å². The van der Waals surface area contributed by atoms with Crippen LogP contribution in [0.5, 0.6) is 5.75 Å². The van der Waals surface area contributed by atoms with Crippen molar-refractivity contribution in [3.63, 3.8) is 0 Å². The third-order valence-electron chi connectivity index (χ3n) is 2.50. The van der Waals surface area contributed by atoms with Gasteiger partial charge in [0.25, 0.3) is 0 Å². The van der Waals surface area contributed by atoms with Gasteiger partial charge in [0.1, 0.15) is 5.75 Å². The summed E-state index contributed by atoms with van der Waals surface area (Å²) in [6.45, 7) is 1.35. The number of benzene rings is 1. The fourth-order valence-electron chi connectivity index (χ4n) is 1.58. The number of rotatable bonds is 7. The maximum atomic E-state index is 11.6. The van der Waals surface area contributed by atoms with E-state index in [1.807, 2.05) is 24.3 Å². The minimum Gasteiger partial charge on any atom is -0.496 e. The smallest absolute Gasteiger partial charge is 0.224 e. The number of para-hydroxylation sites is 1. The predicted octanol–water partition coefficient (Wildman–Crippen LogP) is 1.09. The standard InChI is InChI=1S/C13H20N2O2/c1-17-12-7-3-2-6-11(12)10-13(16)15-9-5-4-8-14/h2-3,6-7H,4-5,8-10,14H2,1H3,(H,15,16). The van der Waals surface area contributed by atoms with Crippen LogP contribution in [-0.2, 0) is 11.2 Å². The van der Waals surface area contributed by atoms with Gasteiger partial charge in [-0.2, -0.15) is 0 Å². The maximum absolute atomic E-state index is 11.6. The lowest BCUT2D eigenvalue weighted by Gasteiger charge is -2.08. The summed E-state index contributed by atoms with van der Waals surface area (Å²) >= 11 is 0. The first kappa shape index (κ1) is 13.5. The molecule has 17 heavy (non-hydrogen) atoms. The van der Waals surface area contributed by atoms with Gasteiger partial charge in [0.05, 0.1) is 13.5 Å². The van der Waals surface area contributed by atoms with E-state index in [-0.39, 0.29) is 5.91 Å². The Morgan fingerprint density at radius 1 is 1.35 bits per heavy atom. The van der Waals surface area contributed by atoms with Crippen LogP contribution in [0.1, 0.15) is 18.4 Å². The van der Waals surface area contributed by atoms with Gasteiger partial charge in [0, 0.05) is 12.1 Å². The van der Waals surface area contributed by atoms with Crippen LogP contribution in [-0.4, -0.2) is 26.1 Å². The van der Waals surface area contributed by atoms with E-state index in [9.17, 15) is 4.79 Å². The predicted molar refractivity (Wildman–Crippen MR) is 68.0 cm³/mol. The lowest BCUT2D eigenvalue weighted by Crippen LogP contribution is -2.26.